The van der Waals surface area contributed by atoms with Gasteiger partial charge in [-0.15, -0.1) is 0 Å². The van der Waals surface area contributed by atoms with E-state index in [1.54, 1.807) is 6.20 Å². The van der Waals surface area contributed by atoms with E-state index in [0.29, 0.717) is 5.16 Å². The number of rotatable bonds is 4. The number of carbonyl (C=O) groups excluding carboxylic acids is 2. The largest absolute Gasteiger partial charge is 0.351 e. The summed E-state index contributed by atoms with van der Waals surface area (Å²) in [5, 5.41) is 2.40. The van der Waals surface area contributed by atoms with Gasteiger partial charge in [-0.25, -0.2) is 9.78 Å². The number of imide groups is 1. The summed E-state index contributed by atoms with van der Waals surface area (Å²) in [7, 11) is 0. The molecular formula is C13H16N4O2S. The molecule has 2 aromatic heterocycles. The Labute approximate surface area is 120 Å². The predicted octanol–water partition coefficient (Wildman–Crippen LogP) is 1.65. The van der Waals surface area contributed by atoms with Crippen LogP contribution in [0.3, 0.4) is 0 Å². The van der Waals surface area contributed by atoms with Crippen LogP contribution in [0.15, 0.2) is 35.7 Å². The number of nitrogens with one attached hydrogen (secondary N) is 1. The monoisotopic (exact) mass is 292 g/mol. The Bertz CT molecular complexity index is 638. The summed E-state index contributed by atoms with van der Waals surface area (Å²) in [6.45, 7) is 3.82. The molecule has 3 amide bonds. The van der Waals surface area contributed by atoms with Crippen LogP contribution in [0, 0.1) is 5.92 Å². The average molecular weight is 292 g/mol. The van der Waals surface area contributed by atoms with Crippen molar-refractivity contribution in [3.8, 4) is 0 Å². The molecule has 106 valence electrons. The Hall–Kier alpha value is -2.02. The Balaban J connectivity index is 2.24. The topological polar surface area (TPSA) is 89.5 Å². The van der Waals surface area contributed by atoms with E-state index in [4.69, 9.17) is 5.73 Å². The average Bonchev–Trinajstić information content (AvgIpc) is 2.77. The molecule has 0 saturated carbocycles. The molecule has 0 aliphatic heterocycles. The van der Waals surface area contributed by atoms with Crippen LogP contribution < -0.4 is 11.1 Å². The molecule has 2 aromatic rings. The minimum absolute atomic E-state index is 0.0374. The lowest BCUT2D eigenvalue weighted by atomic mass is 10.1. The third-order valence-corrected chi connectivity index (χ3v) is 4.27. The number of hydrogen-bond acceptors (Lipinski definition) is 4. The van der Waals surface area contributed by atoms with Crippen LogP contribution in [-0.4, -0.2) is 26.6 Å². The number of carbonyl (C=O) groups is 2. The molecule has 0 aliphatic carbocycles. The van der Waals surface area contributed by atoms with Gasteiger partial charge in [-0.05, 0) is 18.1 Å². The maximum absolute atomic E-state index is 12.0. The second kappa shape index (κ2) is 5.96. The molecule has 3 N–H and O–H groups in total. The minimum Gasteiger partial charge on any atom is -0.351 e. The van der Waals surface area contributed by atoms with Crippen molar-refractivity contribution < 1.29 is 9.59 Å². The second-order valence-corrected chi connectivity index (χ2v) is 5.78. The van der Waals surface area contributed by atoms with Crippen LogP contribution in [0.2, 0.25) is 0 Å². The third-order valence-electron chi connectivity index (χ3n) is 2.75. The number of urea groups is 1. The van der Waals surface area contributed by atoms with Crippen molar-refractivity contribution in [2.75, 3.05) is 0 Å². The molecule has 2 rings (SSSR count). The number of thioether (sulfide) groups is 1. The maximum Gasteiger partial charge on any atom is 0.318 e. The zero-order valence-electron chi connectivity index (χ0n) is 11.2. The zero-order chi connectivity index (χ0) is 14.7. The zero-order valence-corrected chi connectivity index (χ0v) is 12.1. The van der Waals surface area contributed by atoms with E-state index in [0.717, 1.165) is 5.52 Å². The molecule has 0 unspecified atom stereocenters. The SMILES string of the molecule is CC(C)[C@@H](Sc1ncc2ccccn12)C(=O)NC(N)=O. The van der Waals surface area contributed by atoms with Gasteiger partial charge in [-0.1, -0.05) is 31.7 Å². The molecule has 0 aromatic carbocycles. The van der Waals surface area contributed by atoms with Crippen LogP contribution in [0.1, 0.15) is 13.8 Å². The van der Waals surface area contributed by atoms with Gasteiger partial charge in [0.1, 0.15) is 0 Å². The molecule has 0 fully saturated rings. The van der Waals surface area contributed by atoms with Crippen molar-refractivity contribution in [2.45, 2.75) is 24.3 Å². The van der Waals surface area contributed by atoms with Gasteiger partial charge in [0.15, 0.2) is 5.16 Å². The van der Waals surface area contributed by atoms with E-state index < -0.39 is 17.2 Å². The summed E-state index contributed by atoms with van der Waals surface area (Å²) in [5.41, 5.74) is 5.95. The van der Waals surface area contributed by atoms with Crippen LogP contribution in [0.25, 0.3) is 5.52 Å². The van der Waals surface area contributed by atoms with Crippen LogP contribution >= 0.6 is 11.8 Å². The molecule has 0 saturated heterocycles. The van der Waals surface area contributed by atoms with Gasteiger partial charge in [-0.3, -0.25) is 14.5 Å². The number of nitrogens with zero attached hydrogens (tertiary/aromatic N) is 2. The highest BCUT2D eigenvalue weighted by molar-refractivity contribution is 8.00. The van der Waals surface area contributed by atoms with Crippen molar-refractivity contribution in [1.29, 1.82) is 0 Å². The summed E-state index contributed by atoms with van der Waals surface area (Å²) in [6.07, 6.45) is 3.62. The number of nitrogens with two attached hydrogens (primary N) is 1. The Kier molecular flexibility index (Phi) is 4.29. The number of hydrogen-bond donors (Lipinski definition) is 2. The van der Waals surface area contributed by atoms with Gasteiger partial charge >= 0.3 is 6.03 Å². The summed E-state index contributed by atoms with van der Waals surface area (Å²) in [4.78, 5) is 27.1. The fraction of sp³-hybridized carbons (Fsp3) is 0.308. The van der Waals surface area contributed by atoms with E-state index in [1.807, 2.05) is 42.6 Å². The lowest BCUT2D eigenvalue weighted by Crippen LogP contribution is -2.42. The van der Waals surface area contributed by atoms with E-state index in [-0.39, 0.29) is 5.92 Å². The van der Waals surface area contributed by atoms with Crippen LogP contribution in [0.5, 0.6) is 0 Å². The van der Waals surface area contributed by atoms with Gasteiger partial charge in [0.25, 0.3) is 0 Å². The standard InChI is InChI=1S/C13H16N4O2S/c1-8(2)10(11(18)16-12(14)19)20-13-15-7-9-5-3-4-6-17(9)13/h3-8,10H,1-2H3,(H3,14,16,18,19)/t10-/m1/s1. The van der Waals surface area contributed by atoms with E-state index >= 15 is 0 Å². The lowest BCUT2D eigenvalue weighted by Gasteiger charge is -2.17. The predicted molar refractivity (Wildman–Crippen MR) is 77.4 cm³/mol. The molecule has 1 atom stereocenters. The fourth-order valence-electron chi connectivity index (χ4n) is 1.80. The van der Waals surface area contributed by atoms with E-state index in [2.05, 4.69) is 10.3 Å². The molecule has 7 heteroatoms. The number of imidazole rings is 1. The molecule has 2 heterocycles. The molecule has 0 bridgehead atoms. The van der Waals surface area contributed by atoms with E-state index in [9.17, 15) is 9.59 Å². The van der Waals surface area contributed by atoms with Gasteiger partial charge in [0.2, 0.25) is 5.91 Å². The molecule has 6 nitrogen and oxygen atoms in total. The molecule has 20 heavy (non-hydrogen) atoms. The number of pyridine rings is 1. The van der Waals surface area contributed by atoms with Gasteiger partial charge in [0.05, 0.1) is 17.0 Å². The Morgan fingerprint density at radius 1 is 1.40 bits per heavy atom. The number of primary amides is 1. The van der Waals surface area contributed by atoms with Crippen molar-refractivity contribution in [3.63, 3.8) is 0 Å². The van der Waals surface area contributed by atoms with E-state index in [1.165, 1.54) is 11.8 Å². The lowest BCUT2D eigenvalue weighted by molar-refractivity contribution is -0.120. The summed E-state index contributed by atoms with van der Waals surface area (Å²) in [6, 6.07) is 4.91. The second-order valence-electron chi connectivity index (χ2n) is 4.67. The van der Waals surface area contributed by atoms with Gasteiger partial charge in [0, 0.05) is 6.20 Å². The highest BCUT2D eigenvalue weighted by Gasteiger charge is 2.26. The number of aromatic nitrogens is 2. The summed E-state index contributed by atoms with van der Waals surface area (Å²) >= 11 is 1.32. The number of fused-ring (bicyclic) bond motifs is 1. The maximum atomic E-state index is 12.0. The molecule has 0 aliphatic rings. The van der Waals surface area contributed by atoms with Gasteiger partial charge in [-0.2, -0.15) is 0 Å². The number of amides is 3. The highest BCUT2D eigenvalue weighted by atomic mass is 32.2. The molecule has 0 radical (unpaired) electrons. The Morgan fingerprint density at radius 3 is 2.80 bits per heavy atom. The first-order valence-electron chi connectivity index (χ1n) is 6.18. The smallest absolute Gasteiger partial charge is 0.318 e. The first-order chi connectivity index (χ1) is 9.49. The van der Waals surface area contributed by atoms with Crippen LogP contribution in [0.4, 0.5) is 4.79 Å². The highest BCUT2D eigenvalue weighted by Crippen LogP contribution is 2.28. The van der Waals surface area contributed by atoms with Crippen LogP contribution in [-0.2, 0) is 4.79 Å². The molecule has 0 spiro atoms. The summed E-state index contributed by atoms with van der Waals surface area (Å²) < 4.78 is 1.90. The van der Waals surface area contributed by atoms with Crippen molar-refractivity contribution in [1.82, 2.24) is 14.7 Å². The van der Waals surface area contributed by atoms with Crippen molar-refractivity contribution in [3.05, 3.63) is 30.6 Å². The molecular weight excluding hydrogens is 276 g/mol. The third kappa shape index (κ3) is 3.11. The van der Waals surface area contributed by atoms with Gasteiger partial charge < -0.3 is 5.73 Å². The van der Waals surface area contributed by atoms with Crippen molar-refractivity contribution in [2.24, 2.45) is 11.7 Å². The normalized spacial score (nSPS) is 12.6. The van der Waals surface area contributed by atoms with Crippen molar-refractivity contribution >= 4 is 29.2 Å². The first kappa shape index (κ1) is 14.4. The first-order valence-corrected chi connectivity index (χ1v) is 7.06. The Morgan fingerprint density at radius 2 is 2.15 bits per heavy atom. The summed E-state index contributed by atoms with van der Waals surface area (Å²) in [5.74, 6) is -0.361. The quantitative estimate of drug-likeness (QED) is 0.838. The fourth-order valence-corrected chi connectivity index (χ4v) is 2.86. The minimum atomic E-state index is -0.839.